The zero-order chi connectivity index (χ0) is 16.8. The summed E-state index contributed by atoms with van der Waals surface area (Å²) in [6, 6.07) is 8.61. The van der Waals surface area contributed by atoms with Gasteiger partial charge in [0, 0.05) is 41.5 Å². The SMILES string of the molecule is O=C(O)C(Cc1ccccn1)NCc1ccc(Cl)cc1[N+](=O)[O-]. The highest BCUT2D eigenvalue weighted by molar-refractivity contribution is 6.30. The number of benzene rings is 1. The van der Waals surface area contributed by atoms with Crippen molar-refractivity contribution in [3.63, 3.8) is 0 Å². The Labute approximate surface area is 137 Å². The summed E-state index contributed by atoms with van der Waals surface area (Å²) in [4.78, 5) is 25.9. The van der Waals surface area contributed by atoms with Gasteiger partial charge in [0.2, 0.25) is 0 Å². The van der Waals surface area contributed by atoms with Crippen LogP contribution in [0.2, 0.25) is 5.02 Å². The number of halogens is 1. The summed E-state index contributed by atoms with van der Waals surface area (Å²) in [7, 11) is 0. The molecular weight excluding hydrogens is 322 g/mol. The van der Waals surface area contributed by atoms with Crippen molar-refractivity contribution in [2.24, 2.45) is 0 Å². The summed E-state index contributed by atoms with van der Waals surface area (Å²) >= 11 is 5.75. The van der Waals surface area contributed by atoms with Gasteiger partial charge in [0.15, 0.2) is 0 Å². The summed E-state index contributed by atoms with van der Waals surface area (Å²) in [5.74, 6) is -1.05. The number of nitrogens with one attached hydrogen (secondary N) is 1. The summed E-state index contributed by atoms with van der Waals surface area (Å²) in [5.41, 5.74) is 0.844. The van der Waals surface area contributed by atoms with Gasteiger partial charge in [0.1, 0.15) is 6.04 Å². The topological polar surface area (TPSA) is 105 Å². The molecule has 2 rings (SSSR count). The monoisotopic (exact) mass is 335 g/mol. The minimum Gasteiger partial charge on any atom is -0.480 e. The van der Waals surface area contributed by atoms with E-state index in [0.29, 0.717) is 11.3 Å². The summed E-state index contributed by atoms with van der Waals surface area (Å²) < 4.78 is 0. The second-order valence-corrected chi connectivity index (χ2v) is 5.26. The molecular formula is C15H14ClN3O4. The Hall–Kier alpha value is -2.51. The van der Waals surface area contributed by atoms with Crippen molar-refractivity contribution in [3.8, 4) is 0 Å². The van der Waals surface area contributed by atoms with Gasteiger partial charge in [-0.05, 0) is 24.3 Å². The highest BCUT2D eigenvalue weighted by atomic mass is 35.5. The number of nitrogens with zero attached hydrogens (tertiary/aromatic N) is 2. The van der Waals surface area contributed by atoms with Crippen LogP contribution >= 0.6 is 11.6 Å². The highest BCUT2D eigenvalue weighted by Crippen LogP contribution is 2.23. The fraction of sp³-hybridized carbons (Fsp3) is 0.200. The Balaban J connectivity index is 2.10. The maximum atomic E-state index is 11.4. The molecule has 0 spiro atoms. The first-order chi connectivity index (χ1) is 11.0. The van der Waals surface area contributed by atoms with Gasteiger partial charge in [0.05, 0.1) is 4.92 Å². The number of nitro benzene ring substituents is 1. The molecule has 1 aromatic carbocycles. The van der Waals surface area contributed by atoms with Crippen LogP contribution in [0.25, 0.3) is 0 Å². The summed E-state index contributed by atoms with van der Waals surface area (Å²) in [6.45, 7) is 0.0390. The third-order valence-electron chi connectivity index (χ3n) is 3.22. The van der Waals surface area contributed by atoms with E-state index in [-0.39, 0.29) is 23.7 Å². The fourth-order valence-electron chi connectivity index (χ4n) is 2.06. The van der Waals surface area contributed by atoms with Gasteiger partial charge < -0.3 is 5.11 Å². The van der Waals surface area contributed by atoms with Crippen LogP contribution in [-0.4, -0.2) is 27.0 Å². The van der Waals surface area contributed by atoms with Crippen LogP contribution in [-0.2, 0) is 17.8 Å². The molecule has 0 fully saturated rings. The molecule has 0 saturated carbocycles. The molecule has 0 aliphatic heterocycles. The van der Waals surface area contributed by atoms with Crippen molar-refractivity contribution in [3.05, 3.63) is 69.0 Å². The smallest absolute Gasteiger partial charge is 0.321 e. The molecule has 2 N–H and O–H groups in total. The summed E-state index contributed by atoms with van der Waals surface area (Å²) in [6.07, 6.45) is 1.76. The first-order valence-corrected chi connectivity index (χ1v) is 7.14. The van der Waals surface area contributed by atoms with Gasteiger partial charge in [-0.3, -0.25) is 25.2 Å². The van der Waals surface area contributed by atoms with E-state index in [9.17, 15) is 20.0 Å². The normalized spacial score (nSPS) is 11.9. The lowest BCUT2D eigenvalue weighted by Gasteiger charge is -2.14. The average molecular weight is 336 g/mol. The Kier molecular flexibility index (Phi) is 5.61. The lowest BCUT2D eigenvalue weighted by atomic mass is 10.1. The molecule has 0 aliphatic rings. The zero-order valence-electron chi connectivity index (χ0n) is 12.0. The van der Waals surface area contributed by atoms with Gasteiger partial charge in [-0.2, -0.15) is 0 Å². The van der Waals surface area contributed by atoms with Crippen molar-refractivity contribution >= 4 is 23.3 Å². The van der Waals surface area contributed by atoms with Crippen molar-refractivity contribution in [2.45, 2.75) is 19.0 Å². The van der Waals surface area contributed by atoms with Gasteiger partial charge in [-0.1, -0.05) is 17.7 Å². The standard InChI is InChI=1S/C15H14ClN3O4/c16-11-5-4-10(14(7-11)19(22)23)9-18-13(15(20)21)8-12-3-1-2-6-17-12/h1-7,13,18H,8-9H2,(H,20,21). The molecule has 0 saturated heterocycles. The zero-order valence-corrected chi connectivity index (χ0v) is 12.7. The van der Waals surface area contributed by atoms with Crippen LogP contribution in [0.4, 0.5) is 5.69 Å². The second-order valence-electron chi connectivity index (χ2n) is 4.83. The predicted molar refractivity (Wildman–Crippen MR) is 84.3 cm³/mol. The van der Waals surface area contributed by atoms with Gasteiger partial charge in [-0.15, -0.1) is 0 Å². The predicted octanol–water partition coefficient (Wildman–Crippen LogP) is 2.43. The fourth-order valence-corrected chi connectivity index (χ4v) is 2.23. The van der Waals surface area contributed by atoms with Crippen molar-refractivity contribution in [1.82, 2.24) is 10.3 Å². The first-order valence-electron chi connectivity index (χ1n) is 6.76. The number of carboxylic acid groups (broad SMARTS) is 1. The average Bonchev–Trinajstić information content (AvgIpc) is 2.52. The molecule has 2 aromatic rings. The number of nitro groups is 1. The number of carboxylic acids is 1. The number of carbonyl (C=O) groups is 1. The molecule has 120 valence electrons. The van der Waals surface area contributed by atoms with Crippen LogP contribution < -0.4 is 5.32 Å². The Morgan fingerprint density at radius 2 is 2.17 bits per heavy atom. The number of aliphatic carboxylic acids is 1. The molecule has 1 heterocycles. The van der Waals surface area contributed by atoms with Crippen molar-refractivity contribution in [1.29, 1.82) is 0 Å². The lowest BCUT2D eigenvalue weighted by molar-refractivity contribution is -0.385. The first kappa shape index (κ1) is 16.9. The van der Waals surface area contributed by atoms with E-state index in [0.717, 1.165) is 0 Å². The van der Waals surface area contributed by atoms with E-state index in [1.165, 1.54) is 18.2 Å². The third-order valence-corrected chi connectivity index (χ3v) is 3.46. The minimum absolute atomic E-state index is 0.0390. The van der Waals surface area contributed by atoms with E-state index in [4.69, 9.17) is 11.6 Å². The molecule has 8 heteroatoms. The number of hydrogen-bond acceptors (Lipinski definition) is 5. The molecule has 0 amide bonds. The molecule has 1 atom stereocenters. The molecule has 23 heavy (non-hydrogen) atoms. The van der Waals surface area contributed by atoms with E-state index in [2.05, 4.69) is 10.3 Å². The quantitative estimate of drug-likeness (QED) is 0.594. The highest BCUT2D eigenvalue weighted by Gasteiger charge is 2.20. The van der Waals surface area contributed by atoms with Gasteiger partial charge in [0.25, 0.3) is 5.69 Å². The van der Waals surface area contributed by atoms with Gasteiger partial charge in [-0.25, -0.2) is 0 Å². The largest absolute Gasteiger partial charge is 0.480 e. The van der Waals surface area contributed by atoms with Crippen LogP contribution in [0, 0.1) is 10.1 Å². The Morgan fingerprint density at radius 3 is 2.78 bits per heavy atom. The van der Waals surface area contributed by atoms with Crippen LogP contribution in [0.15, 0.2) is 42.6 Å². The maximum absolute atomic E-state index is 11.4. The number of hydrogen-bond donors (Lipinski definition) is 2. The van der Waals surface area contributed by atoms with Crippen LogP contribution in [0.3, 0.4) is 0 Å². The number of rotatable bonds is 7. The molecule has 0 radical (unpaired) electrons. The van der Waals surface area contributed by atoms with Crippen LogP contribution in [0.5, 0.6) is 0 Å². The van der Waals surface area contributed by atoms with Crippen molar-refractivity contribution < 1.29 is 14.8 Å². The van der Waals surface area contributed by atoms with Gasteiger partial charge >= 0.3 is 5.97 Å². The summed E-state index contributed by atoms with van der Waals surface area (Å²) in [5, 5.41) is 23.4. The molecule has 0 bridgehead atoms. The van der Waals surface area contributed by atoms with Crippen LogP contribution in [0.1, 0.15) is 11.3 Å². The number of aromatic nitrogens is 1. The molecule has 1 aromatic heterocycles. The third kappa shape index (κ3) is 4.73. The van der Waals surface area contributed by atoms with E-state index >= 15 is 0 Å². The number of pyridine rings is 1. The second kappa shape index (κ2) is 7.66. The minimum atomic E-state index is -1.05. The maximum Gasteiger partial charge on any atom is 0.321 e. The Bertz CT molecular complexity index is 709. The molecule has 7 nitrogen and oxygen atoms in total. The molecule has 1 unspecified atom stereocenters. The van der Waals surface area contributed by atoms with E-state index in [1.54, 1.807) is 24.4 Å². The lowest BCUT2D eigenvalue weighted by Crippen LogP contribution is -2.38. The Morgan fingerprint density at radius 1 is 1.39 bits per heavy atom. The van der Waals surface area contributed by atoms with Crippen molar-refractivity contribution in [2.75, 3.05) is 0 Å². The van der Waals surface area contributed by atoms with E-state index < -0.39 is 16.9 Å². The molecule has 0 aliphatic carbocycles. The van der Waals surface area contributed by atoms with E-state index in [1.807, 2.05) is 0 Å².